The van der Waals surface area contributed by atoms with Crippen LogP contribution >= 0.6 is 0 Å². The number of esters is 1. The van der Waals surface area contributed by atoms with Crippen molar-refractivity contribution in [2.75, 3.05) is 51.8 Å². The lowest BCUT2D eigenvalue weighted by molar-refractivity contribution is -0.142. The van der Waals surface area contributed by atoms with Crippen molar-refractivity contribution in [2.24, 2.45) is 5.10 Å². The van der Waals surface area contributed by atoms with E-state index in [9.17, 15) is 9.59 Å². The number of hydrogen-bond acceptors (Lipinski definition) is 7. The highest BCUT2D eigenvalue weighted by atomic mass is 16.5. The van der Waals surface area contributed by atoms with Gasteiger partial charge in [-0.25, -0.2) is 0 Å². The van der Waals surface area contributed by atoms with Crippen LogP contribution in [0.2, 0.25) is 0 Å². The molecule has 2 heterocycles. The van der Waals surface area contributed by atoms with Crippen molar-refractivity contribution in [3.8, 4) is 0 Å². The molecule has 2 aliphatic heterocycles. The maximum Gasteiger partial charge on any atom is 0.319 e. The molecule has 4 rings (SSSR count). The van der Waals surface area contributed by atoms with Crippen LogP contribution in [0, 0.1) is 0 Å². The first-order valence-corrected chi connectivity index (χ1v) is 10.8. The molecule has 32 heavy (non-hydrogen) atoms. The van der Waals surface area contributed by atoms with Gasteiger partial charge in [0.2, 0.25) is 0 Å². The monoisotopic (exact) mass is 436 g/mol. The number of methoxy groups -OCH3 is 1. The summed E-state index contributed by atoms with van der Waals surface area (Å²) in [7, 11) is 1.40. The summed E-state index contributed by atoms with van der Waals surface area (Å²) in [5.74, 6) is -0.375. The molecule has 0 unspecified atom stereocenters. The number of amides is 1. The highest BCUT2D eigenvalue weighted by molar-refractivity contribution is 6.04. The Morgan fingerprint density at radius 2 is 1.88 bits per heavy atom. The smallest absolute Gasteiger partial charge is 0.319 e. The summed E-state index contributed by atoms with van der Waals surface area (Å²) in [6.45, 7) is 4.76. The summed E-state index contributed by atoms with van der Waals surface area (Å²) in [6, 6.07) is 13.3. The molecule has 0 aliphatic carbocycles. The molecule has 1 amide bonds. The van der Waals surface area contributed by atoms with E-state index in [0.29, 0.717) is 31.9 Å². The third-order valence-corrected chi connectivity index (χ3v) is 5.67. The van der Waals surface area contributed by atoms with Crippen LogP contribution in [0.1, 0.15) is 27.0 Å². The highest BCUT2D eigenvalue weighted by Crippen LogP contribution is 2.23. The average Bonchev–Trinajstić information content (AvgIpc) is 2.83. The minimum absolute atomic E-state index is 0.148. The van der Waals surface area contributed by atoms with Gasteiger partial charge in [-0.05, 0) is 47.4 Å². The van der Waals surface area contributed by atoms with Crippen molar-refractivity contribution in [1.82, 2.24) is 9.91 Å². The summed E-state index contributed by atoms with van der Waals surface area (Å²) in [5.41, 5.74) is 4.67. The lowest BCUT2D eigenvalue weighted by Crippen LogP contribution is -2.35. The van der Waals surface area contributed by atoms with Gasteiger partial charge in [0.1, 0.15) is 0 Å². The SMILES string of the molecule is COC(=O)CN1CCc2cc(NC(=O)c3ccc(C=NN4CCOCC4)cc3)ccc2C1. The number of hydrogen-bond donors (Lipinski definition) is 1. The van der Waals surface area contributed by atoms with Crippen molar-refractivity contribution in [3.05, 3.63) is 64.7 Å². The van der Waals surface area contributed by atoms with Gasteiger partial charge in [0.05, 0.1) is 46.2 Å². The van der Waals surface area contributed by atoms with Crippen LogP contribution in [0.5, 0.6) is 0 Å². The van der Waals surface area contributed by atoms with E-state index in [1.54, 1.807) is 18.3 Å². The summed E-state index contributed by atoms with van der Waals surface area (Å²) < 4.78 is 10.1. The van der Waals surface area contributed by atoms with Gasteiger partial charge in [0.25, 0.3) is 5.91 Å². The van der Waals surface area contributed by atoms with Crippen LogP contribution in [0.4, 0.5) is 5.69 Å². The summed E-state index contributed by atoms with van der Waals surface area (Å²) >= 11 is 0. The van der Waals surface area contributed by atoms with E-state index < -0.39 is 0 Å². The largest absolute Gasteiger partial charge is 0.468 e. The number of nitrogens with zero attached hydrogens (tertiary/aromatic N) is 3. The molecule has 8 nitrogen and oxygen atoms in total. The van der Waals surface area contributed by atoms with Crippen LogP contribution < -0.4 is 5.32 Å². The maximum atomic E-state index is 12.7. The van der Waals surface area contributed by atoms with Crippen molar-refractivity contribution in [2.45, 2.75) is 13.0 Å². The summed E-state index contributed by atoms with van der Waals surface area (Å²) in [4.78, 5) is 26.3. The van der Waals surface area contributed by atoms with Gasteiger partial charge in [0, 0.05) is 24.3 Å². The minimum atomic E-state index is -0.226. The van der Waals surface area contributed by atoms with Gasteiger partial charge < -0.3 is 14.8 Å². The third kappa shape index (κ3) is 5.72. The molecule has 0 bridgehead atoms. The number of carbonyl (C=O) groups is 2. The molecule has 2 aromatic carbocycles. The number of anilines is 1. The Morgan fingerprint density at radius 1 is 1.09 bits per heavy atom. The van der Waals surface area contributed by atoms with E-state index in [1.807, 2.05) is 35.3 Å². The van der Waals surface area contributed by atoms with Crippen LogP contribution in [-0.4, -0.2) is 74.5 Å². The van der Waals surface area contributed by atoms with Gasteiger partial charge in [-0.1, -0.05) is 18.2 Å². The first kappa shape index (κ1) is 22.0. The molecule has 1 fully saturated rings. The zero-order chi connectivity index (χ0) is 22.3. The van der Waals surface area contributed by atoms with E-state index in [0.717, 1.165) is 37.3 Å². The Labute approximate surface area is 187 Å². The standard InChI is InChI=1S/C24H28N4O4/c1-31-23(29)17-27-9-8-20-14-22(7-6-21(20)16-27)26-24(30)19-4-2-18(3-5-19)15-25-28-10-12-32-13-11-28/h2-7,14-15H,8-13,16-17H2,1H3,(H,26,30). The lowest BCUT2D eigenvalue weighted by Gasteiger charge is -2.28. The second-order valence-electron chi connectivity index (χ2n) is 7.91. The molecular formula is C24H28N4O4. The number of carbonyl (C=O) groups excluding carboxylic acids is 2. The van der Waals surface area contributed by atoms with E-state index in [1.165, 1.54) is 18.2 Å². The van der Waals surface area contributed by atoms with Gasteiger partial charge in [-0.15, -0.1) is 0 Å². The van der Waals surface area contributed by atoms with Crippen molar-refractivity contribution in [3.63, 3.8) is 0 Å². The molecule has 0 aromatic heterocycles. The quantitative estimate of drug-likeness (QED) is 0.552. The number of benzene rings is 2. The molecule has 0 spiro atoms. The van der Waals surface area contributed by atoms with Gasteiger partial charge in [-0.3, -0.25) is 19.5 Å². The predicted octanol–water partition coefficient (Wildman–Crippen LogP) is 2.14. The fourth-order valence-electron chi connectivity index (χ4n) is 3.81. The Kier molecular flexibility index (Phi) is 7.14. The maximum absolute atomic E-state index is 12.7. The molecule has 0 saturated carbocycles. The number of fused-ring (bicyclic) bond motifs is 1. The first-order valence-electron chi connectivity index (χ1n) is 10.8. The molecule has 1 N–H and O–H groups in total. The minimum Gasteiger partial charge on any atom is -0.468 e. The number of nitrogens with one attached hydrogen (secondary N) is 1. The molecule has 1 saturated heterocycles. The lowest BCUT2D eigenvalue weighted by atomic mass is 9.99. The average molecular weight is 437 g/mol. The van der Waals surface area contributed by atoms with E-state index in [4.69, 9.17) is 9.47 Å². The second kappa shape index (κ2) is 10.4. The van der Waals surface area contributed by atoms with Crippen LogP contribution in [0.15, 0.2) is 47.6 Å². The Balaban J connectivity index is 1.34. The Bertz CT molecular complexity index is 984. The number of morpholine rings is 1. The fourth-order valence-corrected chi connectivity index (χ4v) is 3.81. The van der Waals surface area contributed by atoms with Crippen LogP contribution in [0.25, 0.3) is 0 Å². The van der Waals surface area contributed by atoms with E-state index >= 15 is 0 Å². The number of hydrazone groups is 1. The Morgan fingerprint density at radius 3 is 2.62 bits per heavy atom. The van der Waals surface area contributed by atoms with Crippen LogP contribution in [-0.2, 0) is 27.2 Å². The Hall–Kier alpha value is -3.23. The van der Waals surface area contributed by atoms with Crippen molar-refractivity contribution < 1.29 is 19.1 Å². The molecule has 0 atom stereocenters. The van der Waals surface area contributed by atoms with Crippen molar-refractivity contribution in [1.29, 1.82) is 0 Å². The van der Waals surface area contributed by atoms with Gasteiger partial charge in [-0.2, -0.15) is 5.10 Å². The fraction of sp³-hybridized carbons (Fsp3) is 0.375. The zero-order valence-electron chi connectivity index (χ0n) is 18.3. The molecule has 8 heteroatoms. The summed E-state index contributed by atoms with van der Waals surface area (Å²) in [6.07, 6.45) is 2.63. The number of ether oxygens (including phenoxy) is 2. The molecule has 168 valence electrons. The molecule has 0 radical (unpaired) electrons. The topological polar surface area (TPSA) is 83.5 Å². The van der Waals surface area contributed by atoms with Gasteiger partial charge in [0.15, 0.2) is 0 Å². The van der Waals surface area contributed by atoms with Gasteiger partial charge >= 0.3 is 5.97 Å². The molecule has 2 aliphatic rings. The first-order chi connectivity index (χ1) is 15.6. The predicted molar refractivity (Wildman–Crippen MR) is 122 cm³/mol. The van der Waals surface area contributed by atoms with Crippen LogP contribution in [0.3, 0.4) is 0 Å². The van der Waals surface area contributed by atoms with Crippen molar-refractivity contribution >= 4 is 23.8 Å². The normalized spacial score (nSPS) is 16.6. The van der Waals surface area contributed by atoms with E-state index in [2.05, 4.69) is 15.3 Å². The summed E-state index contributed by atoms with van der Waals surface area (Å²) in [5, 5.41) is 9.42. The second-order valence-corrected chi connectivity index (χ2v) is 7.91. The zero-order valence-corrected chi connectivity index (χ0v) is 18.3. The third-order valence-electron chi connectivity index (χ3n) is 5.67. The highest BCUT2D eigenvalue weighted by Gasteiger charge is 2.19. The molecule has 2 aromatic rings. The number of rotatable bonds is 6. The molecular weight excluding hydrogens is 408 g/mol. The van der Waals surface area contributed by atoms with E-state index in [-0.39, 0.29) is 11.9 Å².